The average Bonchev–Trinajstić information content (AvgIpc) is 2.38. The zero-order valence-corrected chi connectivity index (χ0v) is 11.2. The van der Waals surface area contributed by atoms with E-state index in [1.54, 1.807) is 25.1 Å². The Kier molecular flexibility index (Phi) is 4.03. The van der Waals surface area contributed by atoms with Crippen LogP contribution in [0.25, 0.3) is 0 Å². The fourth-order valence-electron chi connectivity index (χ4n) is 2.46. The van der Waals surface area contributed by atoms with Gasteiger partial charge >= 0.3 is 0 Å². The summed E-state index contributed by atoms with van der Waals surface area (Å²) in [7, 11) is 0. The summed E-state index contributed by atoms with van der Waals surface area (Å²) in [6, 6.07) is 7.24. The second kappa shape index (κ2) is 5.58. The molecule has 1 saturated carbocycles. The van der Waals surface area contributed by atoms with Crippen molar-refractivity contribution in [3.8, 4) is 6.07 Å². The van der Waals surface area contributed by atoms with Crippen molar-refractivity contribution in [2.75, 3.05) is 5.32 Å². The predicted molar refractivity (Wildman–Crippen MR) is 71.4 cm³/mol. The fraction of sp³-hybridized carbons (Fsp3) is 0.467. The van der Waals surface area contributed by atoms with Gasteiger partial charge in [-0.25, -0.2) is 8.78 Å². The third-order valence-corrected chi connectivity index (χ3v) is 3.73. The van der Waals surface area contributed by atoms with Gasteiger partial charge in [-0.05, 0) is 31.4 Å². The first kappa shape index (κ1) is 14.4. The summed E-state index contributed by atoms with van der Waals surface area (Å²) in [5, 5.41) is 11.8. The van der Waals surface area contributed by atoms with Crippen LogP contribution in [0.1, 0.15) is 36.8 Å². The number of rotatable bonds is 2. The van der Waals surface area contributed by atoms with E-state index in [0.29, 0.717) is 11.3 Å². The summed E-state index contributed by atoms with van der Waals surface area (Å²) in [6.45, 7) is 1.79. The highest BCUT2D eigenvalue weighted by atomic mass is 19.3. The van der Waals surface area contributed by atoms with Crippen molar-refractivity contribution in [3.63, 3.8) is 0 Å². The Balaban J connectivity index is 2.06. The zero-order chi connectivity index (χ0) is 14.8. The normalized spacial score (nSPS) is 18.3. The lowest BCUT2D eigenvalue weighted by Crippen LogP contribution is -2.32. The van der Waals surface area contributed by atoms with Gasteiger partial charge in [0.05, 0.1) is 11.3 Å². The molecule has 0 radical (unpaired) electrons. The number of anilines is 1. The van der Waals surface area contributed by atoms with E-state index >= 15 is 0 Å². The first-order valence-electron chi connectivity index (χ1n) is 6.61. The lowest BCUT2D eigenvalue weighted by Gasteiger charge is -2.27. The molecule has 0 aliphatic heterocycles. The number of hydrogen-bond donors (Lipinski definition) is 1. The predicted octanol–water partition coefficient (Wildman–Crippen LogP) is 3.63. The summed E-state index contributed by atoms with van der Waals surface area (Å²) >= 11 is 0. The van der Waals surface area contributed by atoms with E-state index < -0.39 is 11.8 Å². The minimum absolute atomic E-state index is 0.187. The minimum Gasteiger partial charge on any atom is -0.325 e. The molecule has 0 heterocycles. The van der Waals surface area contributed by atoms with E-state index in [1.807, 2.05) is 0 Å². The largest absolute Gasteiger partial charge is 0.325 e. The number of nitrogens with one attached hydrogen (secondary N) is 1. The molecule has 3 nitrogen and oxygen atoms in total. The number of alkyl halides is 2. The molecule has 20 heavy (non-hydrogen) atoms. The number of benzene rings is 1. The maximum atomic E-state index is 13.1. The number of amides is 1. The van der Waals surface area contributed by atoms with Crippen LogP contribution in [-0.2, 0) is 4.79 Å². The summed E-state index contributed by atoms with van der Waals surface area (Å²) in [6.07, 6.45) is -0.118. The van der Waals surface area contributed by atoms with Crippen molar-refractivity contribution in [1.82, 2.24) is 0 Å². The number of nitriles is 1. The monoisotopic (exact) mass is 278 g/mol. The third kappa shape index (κ3) is 3.13. The van der Waals surface area contributed by atoms with Crippen LogP contribution in [0.2, 0.25) is 0 Å². The summed E-state index contributed by atoms with van der Waals surface area (Å²) < 4.78 is 26.1. The van der Waals surface area contributed by atoms with Gasteiger partial charge in [0, 0.05) is 18.8 Å². The minimum atomic E-state index is -2.64. The van der Waals surface area contributed by atoms with Crippen LogP contribution in [0.15, 0.2) is 18.2 Å². The van der Waals surface area contributed by atoms with Crippen molar-refractivity contribution in [3.05, 3.63) is 29.3 Å². The molecule has 1 amide bonds. The molecular formula is C15H16F2N2O. The van der Waals surface area contributed by atoms with Gasteiger partial charge in [-0.3, -0.25) is 4.79 Å². The Morgan fingerprint density at radius 2 is 2.05 bits per heavy atom. The maximum absolute atomic E-state index is 13.1. The quantitative estimate of drug-likeness (QED) is 0.898. The second-order valence-corrected chi connectivity index (χ2v) is 5.23. The molecule has 106 valence electrons. The van der Waals surface area contributed by atoms with Gasteiger partial charge in [0.15, 0.2) is 0 Å². The van der Waals surface area contributed by atoms with Gasteiger partial charge in [-0.15, -0.1) is 0 Å². The van der Waals surface area contributed by atoms with Crippen LogP contribution in [0.3, 0.4) is 0 Å². The van der Waals surface area contributed by atoms with E-state index in [-0.39, 0.29) is 31.6 Å². The molecule has 1 fully saturated rings. The van der Waals surface area contributed by atoms with Gasteiger partial charge in [-0.2, -0.15) is 5.26 Å². The number of carbonyl (C=O) groups is 1. The highest BCUT2D eigenvalue weighted by molar-refractivity contribution is 5.94. The third-order valence-electron chi connectivity index (χ3n) is 3.73. The molecule has 0 spiro atoms. The molecule has 0 aromatic heterocycles. The number of hydrogen-bond acceptors (Lipinski definition) is 2. The van der Waals surface area contributed by atoms with Gasteiger partial charge in [0.2, 0.25) is 11.8 Å². The van der Waals surface area contributed by atoms with Crippen LogP contribution in [0, 0.1) is 24.2 Å². The van der Waals surface area contributed by atoms with E-state index in [0.717, 1.165) is 5.56 Å². The number of carbonyl (C=O) groups excluding carboxylic acids is 1. The number of nitrogens with zero attached hydrogens (tertiary/aromatic N) is 1. The smallest absolute Gasteiger partial charge is 0.248 e. The van der Waals surface area contributed by atoms with Crippen molar-refractivity contribution in [2.24, 2.45) is 5.92 Å². The Bertz CT molecular complexity index is 553. The van der Waals surface area contributed by atoms with Gasteiger partial charge < -0.3 is 5.32 Å². The molecule has 1 aromatic carbocycles. The molecule has 1 aliphatic carbocycles. The Morgan fingerprint density at radius 3 is 2.65 bits per heavy atom. The van der Waals surface area contributed by atoms with Crippen LogP contribution < -0.4 is 5.32 Å². The lowest BCUT2D eigenvalue weighted by atomic mass is 9.86. The summed E-state index contributed by atoms with van der Waals surface area (Å²) in [4.78, 5) is 12.1. The average molecular weight is 278 g/mol. The molecule has 1 N–H and O–H groups in total. The van der Waals surface area contributed by atoms with Crippen molar-refractivity contribution in [2.45, 2.75) is 38.5 Å². The molecular weight excluding hydrogens is 262 g/mol. The van der Waals surface area contributed by atoms with E-state index in [2.05, 4.69) is 11.4 Å². The standard InChI is InChI=1S/C15H16F2N2O/c1-10-3-2-4-13(12(10)9-18)19-14(20)11-5-7-15(16,17)8-6-11/h2-4,11H,5-8H2,1H3,(H,19,20). The van der Waals surface area contributed by atoms with E-state index in [9.17, 15) is 13.6 Å². The van der Waals surface area contributed by atoms with Crippen LogP contribution in [0.5, 0.6) is 0 Å². The molecule has 0 bridgehead atoms. The molecule has 0 atom stereocenters. The fourth-order valence-corrected chi connectivity index (χ4v) is 2.46. The first-order chi connectivity index (χ1) is 9.43. The van der Waals surface area contributed by atoms with Gasteiger partial charge in [0.25, 0.3) is 0 Å². The topological polar surface area (TPSA) is 52.9 Å². The van der Waals surface area contributed by atoms with Gasteiger partial charge in [-0.1, -0.05) is 12.1 Å². The molecule has 0 saturated heterocycles. The SMILES string of the molecule is Cc1cccc(NC(=O)C2CCC(F)(F)CC2)c1C#N. The number of aryl methyl sites for hydroxylation is 1. The first-order valence-corrected chi connectivity index (χ1v) is 6.61. The molecule has 2 rings (SSSR count). The van der Waals surface area contributed by atoms with E-state index in [1.165, 1.54) is 0 Å². The van der Waals surface area contributed by atoms with Crippen molar-refractivity contribution < 1.29 is 13.6 Å². The molecule has 1 aromatic rings. The van der Waals surface area contributed by atoms with Crippen LogP contribution in [-0.4, -0.2) is 11.8 Å². The van der Waals surface area contributed by atoms with Crippen molar-refractivity contribution in [1.29, 1.82) is 5.26 Å². The number of halogens is 2. The van der Waals surface area contributed by atoms with Crippen LogP contribution in [0.4, 0.5) is 14.5 Å². The molecule has 1 aliphatic rings. The summed E-state index contributed by atoms with van der Waals surface area (Å²) in [5.74, 6) is -3.32. The Hall–Kier alpha value is -1.96. The Morgan fingerprint density at radius 1 is 1.40 bits per heavy atom. The zero-order valence-electron chi connectivity index (χ0n) is 11.2. The van der Waals surface area contributed by atoms with Crippen molar-refractivity contribution >= 4 is 11.6 Å². The molecule has 0 unspecified atom stereocenters. The van der Waals surface area contributed by atoms with Gasteiger partial charge in [0.1, 0.15) is 6.07 Å². The second-order valence-electron chi connectivity index (χ2n) is 5.23. The highest BCUT2D eigenvalue weighted by Gasteiger charge is 2.37. The summed E-state index contributed by atoms with van der Waals surface area (Å²) in [5.41, 5.74) is 1.65. The Labute approximate surface area is 116 Å². The highest BCUT2D eigenvalue weighted by Crippen LogP contribution is 2.36. The van der Waals surface area contributed by atoms with E-state index in [4.69, 9.17) is 5.26 Å². The maximum Gasteiger partial charge on any atom is 0.248 e. The lowest BCUT2D eigenvalue weighted by molar-refractivity contribution is -0.124. The van der Waals surface area contributed by atoms with Crippen LogP contribution >= 0.6 is 0 Å². The molecule has 5 heteroatoms.